The molecule has 162 valence electrons. The van der Waals surface area contributed by atoms with E-state index in [0.717, 1.165) is 50.5 Å². The predicted molar refractivity (Wildman–Crippen MR) is 122 cm³/mol. The molecule has 4 nitrogen and oxygen atoms in total. The molecule has 1 unspecified atom stereocenters. The summed E-state index contributed by atoms with van der Waals surface area (Å²) in [6.07, 6.45) is 5.17. The van der Waals surface area contributed by atoms with E-state index < -0.39 is 0 Å². The molecule has 0 aromatic heterocycles. The molecule has 2 atom stereocenters. The third kappa shape index (κ3) is 4.65. The molecule has 2 fully saturated rings. The topological polar surface area (TPSA) is 33.7 Å². The Morgan fingerprint density at radius 2 is 1.83 bits per heavy atom. The second-order valence-corrected chi connectivity index (χ2v) is 9.33. The van der Waals surface area contributed by atoms with E-state index in [1.54, 1.807) is 7.11 Å². The lowest BCUT2D eigenvalue weighted by molar-refractivity contribution is 0.200. The van der Waals surface area contributed by atoms with Crippen LogP contribution in [-0.4, -0.2) is 44.8 Å². The molecule has 1 aliphatic carbocycles. The van der Waals surface area contributed by atoms with Crippen LogP contribution in [0.2, 0.25) is 0 Å². The van der Waals surface area contributed by atoms with Gasteiger partial charge in [-0.1, -0.05) is 43.3 Å². The summed E-state index contributed by atoms with van der Waals surface area (Å²) < 4.78 is 12.0. The fourth-order valence-electron chi connectivity index (χ4n) is 5.40. The van der Waals surface area contributed by atoms with Gasteiger partial charge in [-0.15, -0.1) is 0 Å². The Bertz CT molecular complexity index is 819. The molecule has 0 spiro atoms. The van der Waals surface area contributed by atoms with Crippen molar-refractivity contribution in [3.63, 3.8) is 0 Å². The highest BCUT2D eigenvalue weighted by Crippen LogP contribution is 2.45. The number of hydrogen-bond acceptors (Lipinski definition) is 4. The van der Waals surface area contributed by atoms with Gasteiger partial charge in [0, 0.05) is 37.5 Å². The number of rotatable bonds is 8. The molecule has 1 aliphatic heterocycles. The minimum absolute atomic E-state index is 0.169. The summed E-state index contributed by atoms with van der Waals surface area (Å²) in [5.41, 5.74) is 2.91. The second kappa shape index (κ2) is 9.40. The van der Waals surface area contributed by atoms with Gasteiger partial charge in [-0.2, -0.15) is 0 Å². The first-order chi connectivity index (χ1) is 14.6. The highest BCUT2D eigenvalue weighted by molar-refractivity contribution is 5.45. The Labute approximate surface area is 181 Å². The molecule has 30 heavy (non-hydrogen) atoms. The van der Waals surface area contributed by atoms with Crippen LogP contribution in [0.25, 0.3) is 0 Å². The van der Waals surface area contributed by atoms with Gasteiger partial charge in [0.2, 0.25) is 0 Å². The molecular weight excluding hydrogens is 372 g/mol. The summed E-state index contributed by atoms with van der Waals surface area (Å²) in [5.74, 6) is 2.21. The maximum atomic E-state index is 6.39. The Morgan fingerprint density at radius 3 is 2.53 bits per heavy atom. The van der Waals surface area contributed by atoms with E-state index in [-0.39, 0.29) is 5.41 Å². The standard InChI is InChI=1S/C26H36N2O2/c1-26(18-27-2)19-28(16-20-9-5-4-6-10-20)17-23(26)21-13-14-24(29-3)25(15-21)30-22-11-7-8-12-22/h4-6,9-10,13-15,22-23,27H,7-8,11-12,16-19H2,1-3H3/t23?,26-/m1/s1. The van der Waals surface area contributed by atoms with Crippen LogP contribution in [0.1, 0.15) is 49.7 Å². The summed E-state index contributed by atoms with van der Waals surface area (Å²) in [6.45, 7) is 6.55. The maximum Gasteiger partial charge on any atom is 0.161 e. The normalized spacial score (nSPS) is 25.0. The summed E-state index contributed by atoms with van der Waals surface area (Å²) in [5, 5.41) is 3.45. The Hall–Kier alpha value is -2.04. The number of ether oxygens (including phenoxy) is 2. The van der Waals surface area contributed by atoms with E-state index in [4.69, 9.17) is 9.47 Å². The van der Waals surface area contributed by atoms with E-state index in [2.05, 4.69) is 72.7 Å². The molecule has 2 aliphatic rings. The zero-order valence-corrected chi connectivity index (χ0v) is 18.7. The molecule has 0 radical (unpaired) electrons. The van der Waals surface area contributed by atoms with E-state index in [9.17, 15) is 0 Å². The van der Waals surface area contributed by atoms with Gasteiger partial charge in [-0.25, -0.2) is 0 Å². The number of nitrogens with zero attached hydrogens (tertiary/aromatic N) is 1. The number of hydrogen-bond donors (Lipinski definition) is 1. The van der Waals surface area contributed by atoms with Gasteiger partial charge in [-0.05, 0) is 56.0 Å². The second-order valence-electron chi connectivity index (χ2n) is 9.33. The van der Waals surface area contributed by atoms with Crippen molar-refractivity contribution in [3.05, 3.63) is 59.7 Å². The summed E-state index contributed by atoms with van der Waals surface area (Å²) in [6, 6.07) is 17.4. The highest BCUT2D eigenvalue weighted by Gasteiger charge is 2.43. The molecule has 1 N–H and O–H groups in total. The van der Waals surface area contributed by atoms with Crippen LogP contribution in [0.5, 0.6) is 11.5 Å². The highest BCUT2D eigenvalue weighted by atomic mass is 16.5. The molecular formula is C26H36N2O2. The fourth-order valence-corrected chi connectivity index (χ4v) is 5.40. The first-order valence-electron chi connectivity index (χ1n) is 11.4. The average Bonchev–Trinajstić information content (AvgIpc) is 3.36. The third-order valence-electron chi connectivity index (χ3n) is 6.88. The molecule has 1 saturated carbocycles. The van der Waals surface area contributed by atoms with Crippen molar-refractivity contribution in [2.45, 2.75) is 51.2 Å². The van der Waals surface area contributed by atoms with Crippen molar-refractivity contribution in [1.29, 1.82) is 0 Å². The van der Waals surface area contributed by atoms with Gasteiger partial charge in [-0.3, -0.25) is 4.90 Å². The summed E-state index contributed by atoms with van der Waals surface area (Å²) in [4.78, 5) is 2.60. The maximum absolute atomic E-state index is 6.39. The zero-order chi connectivity index (χ0) is 21.0. The number of methoxy groups -OCH3 is 1. The van der Waals surface area contributed by atoms with Crippen LogP contribution in [-0.2, 0) is 6.54 Å². The lowest BCUT2D eigenvalue weighted by atomic mass is 9.76. The Morgan fingerprint density at radius 1 is 1.07 bits per heavy atom. The lowest BCUT2D eigenvalue weighted by Crippen LogP contribution is -2.36. The van der Waals surface area contributed by atoms with Crippen LogP contribution in [0.15, 0.2) is 48.5 Å². The van der Waals surface area contributed by atoms with E-state index in [1.165, 1.54) is 24.0 Å². The summed E-state index contributed by atoms with van der Waals surface area (Å²) in [7, 11) is 3.80. The van der Waals surface area contributed by atoms with Gasteiger partial charge in [0.15, 0.2) is 11.5 Å². The quantitative estimate of drug-likeness (QED) is 0.678. The SMILES string of the molecule is CNC[C@]1(C)CN(Cc2ccccc2)CC1c1ccc(OC)c(OC2CCCC2)c1. The predicted octanol–water partition coefficient (Wildman–Crippen LogP) is 4.84. The van der Waals surface area contributed by atoms with Gasteiger partial charge >= 0.3 is 0 Å². The van der Waals surface area contributed by atoms with E-state index in [0.29, 0.717) is 12.0 Å². The molecule has 4 rings (SSSR count). The molecule has 1 saturated heterocycles. The monoisotopic (exact) mass is 408 g/mol. The third-order valence-corrected chi connectivity index (χ3v) is 6.88. The first kappa shape index (κ1) is 21.2. The van der Waals surface area contributed by atoms with Crippen LogP contribution >= 0.6 is 0 Å². The zero-order valence-electron chi connectivity index (χ0n) is 18.7. The number of benzene rings is 2. The number of likely N-dealkylation sites (tertiary alicyclic amines) is 1. The van der Waals surface area contributed by atoms with Crippen molar-refractivity contribution in [3.8, 4) is 11.5 Å². The lowest BCUT2D eigenvalue weighted by Gasteiger charge is -2.31. The van der Waals surface area contributed by atoms with Crippen molar-refractivity contribution < 1.29 is 9.47 Å². The van der Waals surface area contributed by atoms with Gasteiger partial charge in [0.05, 0.1) is 13.2 Å². The summed E-state index contributed by atoms with van der Waals surface area (Å²) >= 11 is 0. The van der Waals surface area contributed by atoms with Gasteiger partial charge in [0.25, 0.3) is 0 Å². The molecule has 2 aromatic carbocycles. The molecule has 2 aromatic rings. The average molecular weight is 409 g/mol. The molecule has 0 amide bonds. The molecule has 0 bridgehead atoms. The van der Waals surface area contributed by atoms with Crippen LogP contribution in [0.3, 0.4) is 0 Å². The van der Waals surface area contributed by atoms with Crippen LogP contribution < -0.4 is 14.8 Å². The first-order valence-corrected chi connectivity index (χ1v) is 11.4. The molecule has 1 heterocycles. The van der Waals surface area contributed by atoms with Crippen LogP contribution in [0.4, 0.5) is 0 Å². The Balaban J connectivity index is 1.58. The minimum atomic E-state index is 0.169. The van der Waals surface area contributed by atoms with Crippen molar-refractivity contribution in [2.24, 2.45) is 5.41 Å². The minimum Gasteiger partial charge on any atom is -0.493 e. The molecule has 4 heteroatoms. The smallest absolute Gasteiger partial charge is 0.161 e. The Kier molecular flexibility index (Phi) is 6.64. The number of nitrogens with one attached hydrogen (secondary N) is 1. The van der Waals surface area contributed by atoms with Crippen LogP contribution in [0, 0.1) is 5.41 Å². The van der Waals surface area contributed by atoms with Crippen molar-refractivity contribution in [2.75, 3.05) is 33.8 Å². The largest absolute Gasteiger partial charge is 0.493 e. The van der Waals surface area contributed by atoms with Crippen molar-refractivity contribution >= 4 is 0 Å². The van der Waals surface area contributed by atoms with Gasteiger partial charge < -0.3 is 14.8 Å². The van der Waals surface area contributed by atoms with E-state index in [1.807, 2.05) is 0 Å². The van der Waals surface area contributed by atoms with E-state index >= 15 is 0 Å². The fraction of sp³-hybridized carbons (Fsp3) is 0.538. The van der Waals surface area contributed by atoms with Gasteiger partial charge in [0.1, 0.15) is 0 Å². The van der Waals surface area contributed by atoms with Crippen molar-refractivity contribution in [1.82, 2.24) is 10.2 Å².